The van der Waals surface area contributed by atoms with Crippen LogP contribution in [0.2, 0.25) is 0 Å². The molecule has 1 aliphatic carbocycles. The maximum absolute atomic E-state index is 4.26. The predicted molar refractivity (Wildman–Crippen MR) is 47.6 cm³/mol. The number of hydrogen-bond acceptors (Lipinski definition) is 1. The SMILES string of the molecule is C1=CC=C2CC(=C1)C=CC=N2. The molecule has 1 nitrogen and oxygen atoms in total. The number of aliphatic imine (C=N–C) groups is 1. The average Bonchev–Trinajstić information content (AvgIpc) is 2.36. The van der Waals surface area contributed by atoms with Crippen molar-refractivity contribution in [3.8, 4) is 0 Å². The first-order valence-corrected chi connectivity index (χ1v) is 3.72. The van der Waals surface area contributed by atoms with E-state index in [0.717, 1.165) is 12.1 Å². The van der Waals surface area contributed by atoms with Gasteiger partial charge in [0.25, 0.3) is 0 Å². The maximum Gasteiger partial charge on any atom is 0.0447 e. The Hall–Kier alpha value is -1.37. The van der Waals surface area contributed by atoms with E-state index in [2.05, 4.69) is 17.1 Å². The van der Waals surface area contributed by atoms with E-state index in [-0.39, 0.29) is 0 Å². The summed E-state index contributed by atoms with van der Waals surface area (Å²) in [6, 6.07) is 0. The van der Waals surface area contributed by atoms with Crippen molar-refractivity contribution in [2.45, 2.75) is 6.42 Å². The van der Waals surface area contributed by atoms with Gasteiger partial charge in [0.2, 0.25) is 0 Å². The summed E-state index contributed by atoms with van der Waals surface area (Å²) in [6.45, 7) is 0. The zero-order valence-corrected chi connectivity index (χ0v) is 6.20. The molecule has 0 aromatic heterocycles. The van der Waals surface area contributed by atoms with Gasteiger partial charge < -0.3 is 0 Å². The molecule has 0 saturated carbocycles. The van der Waals surface area contributed by atoms with Crippen LogP contribution in [-0.4, -0.2) is 6.21 Å². The van der Waals surface area contributed by atoms with Crippen LogP contribution in [0.1, 0.15) is 6.42 Å². The van der Waals surface area contributed by atoms with E-state index in [1.165, 1.54) is 5.57 Å². The number of rotatable bonds is 0. The summed E-state index contributed by atoms with van der Waals surface area (Å²) < 4.78 is 0. The Morgan fingerprint density at radius 3 is 3.00 bits per heavy atom. The van der Waals surface area contributed by atoms with Gasteiger partial charge in [0, 0.05) is 18.3 Å². The Morgan fingerprint density at radius 1 is 1.09 bits per heavy atom. The van der Waals surface area contributed by atoms with E-state index >= 15 is 0 Å². The van der Waals surface area contributed by atoms with Gasteiger partial charge in [-0.2, -0.15) is 0 Å². The Bertz CT molecular complexity index is 271. The lowest BCUT2D eigenvalue weighted by atomic mass is 10.1. The third-order valence-corrected chi connectivity index (χ3v) is 1.73. The summed E-state index contributed by atoms with van der Waals surface area (Å²) >= 11 is 0. The van der Waals surface area contributed by atoms with Gasteiger partial charge in [-0.3, -0.25) is 4.99 Å². The largest absolute Gasteiger partial charge is 0.261 e. The molecule has 0 aromatic carbocycles. The monoisotopic (exact) mass is 143 g/mol. The molecule has 0 atom stereocenters. The summed E-state index contributed by atoms with van der Waals surface area (Å²) in [5.41, 5.74) is 2.46. The van der Waals surface area contributed by atoms with Gasteiger partial charge in [-0.25, -0.2) is 0 Å². The molecule has 0 unspecified atom stereocenters. The van der Waals surface area contributed by atoms with Crippen molar-refractivity contribution in [2.24, 2.45) is 4.99 Å². The van der Waals surface area contributed by atoms with Crippen LogP contribution in [-0.2, 0) is 0 Å². The van der Waals surface area contributed by atoms with Crippen LogP contribution in [0.4, 0.5) is 0 Å². The summed E-state index contributed by atoms with van der Waals surface area (Å²) in [7, 11) is 0. The first kappa shape index (κ1) is 6.35. The van der Waals surface area contributed by atoms with Crippen LogP contribution in [0.25, 0.3) is 0 Å². The van der Waals surface area contributed by atoms with Crippen molar-refractivity contribution in [3.63, 3.8) is 0 Å². The molecule has 0 aromatic rings. The summed E-state index contributed by atoms with van der Waals surface area (Å²) in [4.78, 5) is 4.26. The molecule has 2 rings (SSSR count). The highest BCUT2D eigenvalue weighted by Gasteiger charge is 2.00. The summed E-state index contributed by atoms with van der Waals surface area (Å²) in [5.74, 6) is 0. The molecule has 0 spiro atoms. The quantitative estimate of drug-likeness (QED) is 0.493. The molecule has 0 radical (unpaired) electrons. The second-order valence-electron chi connectivity index (χ2n) is 2.60. The van der Waals surface area contributed by atoms with Gasteiger partial charge in [0.1, 0.15) is 0 Å². The van der Waals surface area contributed by atoms with E-state index in [1.807, 2.05) is 30.5 Å². The third-order valence-electron chi connectivity index (χ3n) is 1.73. The van der Waals surface area contributed by atoms with Crippen LogP contribution in [0.3, 0.4) is 0 Å². The number of allylic oxidation sites excluding steroid dienone is 7. The molecule has 0 fully saturated rings. The molecule has 1 aliphatic heterocycles. The molecular weight excluding hydrogens is 134 g/mol. The van der Waals surface area contributed by atoms with Crippen molar-refractivity contribution in [3.05, 3.63) is 47.7 Å². The minimum atomic E-state index is 0.958. The molecule has 11 heavy (non-hydrogen) atoms. The van der Waals surface area contributed by atoms with E-state index in [0.29, 0.717) is 0 Å². The fraction of sp³-hybridized carbons (Fsp3) is 0.100. The van der Waals surface area contributed by atoms with Crippen molar-refractivity contribution in [2.75, 3.05) is 0 Å². The van der Waals surface area contributed by atoms with Crippen molar-refractivity contribution in [1.29, 1.82) is 0 Å². The first-order chi connectivity index (χ1) is 5.45. The Kier molecular flexibility index (Phi) is 1.56. The second kappa shape index (κ2) is 2.70. The van der Waals surface area contributed by atoms with Gasteiger partial charge in [-0.1, -0.05) is 24.3 Å². The third kappa shape index (κ3) is 1.37. The summed E-state index contributed by atoms with van der Waals surface area (Å²) in [5, 5.41) is 0. The second-order valence-corrected chi connectivity index (χ2v) is 2.60. The summed E-state index contributed by atoms with van der Waals surface area (Å²) in [6.07, 6.45) is 15.1. The first-order valence-electron chi connectivity index (χ1n) is 3.72. The molecule has 0 saturated heterocycles. The Morgan fingerprint density at radius 2 is 2.00 bits per heavy atom. The number of fused-ring (bicyclic) bond motifs is 2. The van der Waals surface area contributed by atoms with E-state index in [1.54, 1.807) is 0 Å². The van der Waals surface area contributed by atoms with Crippen molar-refractivity contribution >= 4 is 6.21 Å². The van der Waals surface area contributed by atoms with Gasteiger partial charge in [0.05, 0.1) is 0 Å². The lowest BCUT2D eigenvalue weighted by Crippen LogP contribution is -1.78. The highest BCUT2D eigenvalue weighted by atomic mass is 14.7. The molecule has 1 heteroatoms. The zero-order valence-electron chi connectivity index (χ0n) is 6.20. The van der Waals surface area contributed by atoms with Gasteiger partial charge in [-0.15, -0.1) is 0 Å². The average molecular weight is 143 g/mol. The molecule has 0 amide bonds. The van der Waals surface area contributed by atoms with Gasteiger partial charge in [0.15, 0.2) is 0 Å². The van der Waals surface area contributed by atoms with Crippen LogP contribution in [0.5, 0.6) is 0 Å². The van der Waals surface area contributed by atoms with Gasteiger partial charge >= 0.3 is 0 Å². The van der Waals surface area contributed by atoms with Crippen LogP contribution in [0.15, 0.2) is 52.7 Å². The minimum Gasteiger partial charge on any atom is -0.261 e. The van der Waals surface area contributed by atoms with Gasteiger partial charge in [-0.05, 0) is 17.7 Å². The molecule has 2 aliphatic rings. The highest BCUT2D eigenvalue weighted by Crippen LogP contribution is 2.18. The molecule has 1 heterocycles. The molecule has 0 N–H and O–H groups in total. The standard InChI is InChI=1S/C10H9N/c1-2-6-10-8-9(4-1)5-3-7-11-10/h1-7H,8H2. The minimum absolute atomic E-state index is 0.958. The fourth-order valence-electron chi connectivity index (χ4n) is 1.18. The Labute approximate surface area is 66.1 Å². The van der Waals surface area contributed by atoms with E-state index in [9.17, 15) is 0 Å². The fourth-order valence-corrected chi connectivity index (χ4v) is 1.18. The van der Waals surface area contributed by atoms with E-state index < -0.39 is 0 Å². The van der Waals surface area contributed by atoms with Crippen molar-refractivity contribution in [1.82, 2.24) is 0 Å². The smallest absolute Gasteiger partial charge is 0.0447 e. The van der Waals surface area contributed by atoms with E-state index in [4.69, 9.17) is 0 Å². The number of nitrogens with zero attached hydrogens (tertiary/aromatic N) is 1. The predicted octanol–water partition coefficient (Wildman–Crippen LogP) is 2.40. The normalized spacial score (nSPS) is 20.4. The maximum atomic E-state index is 4.26. The molecule has 2 bridgehead atoms. The van der Waals surface area contributed by atoms with Crippen LogP contribution in [0, 0.1) is 0 Å². The molecule has 54 valence electrons. The van der Waals surface area contributed by atoms with Crippen LogP contribution >= 0.6 is 0 Å². The van der Waals surface area contributed by atoms with Crippen LogP contribution < -0.4 is 0 Å². The Balaban J connectivity index is 2.46. The zero-order chi connectivity index (χ0) is 7.52. The highest BCUT2D eigenvalue weighted by molar-refractivity contribution is 5.74. The topological polar surface area (TPSA) is 12.4 Å². The van der Waals surface area contributed by atoms with Crippen molar-refractivity contribution < 1.29 is 0 Å². The lowest BCUT2D eigenvalue weighted by Gasteiger charge is -1.96. The molecular formula is C10H9N. The lowest BCUT2D eigenvalue weighted by molar-refractivity contribution is 1.14. The number of hydrogen-bond donors (Lipinski definition) is 0.